The topological polar surface area (TPSA) is 43.8 Å². The van der Waals surface area contributed by atoms with Gasteiger partial charge in [-0.05, 0) is 81.5 Å². The van der Waals surface area contributed by atoms with Crippen LogP contribution in [0.15, 0.2) is 30.3 Å². The molecule has 0 unspecified atom stereocenters. The summed E-state index contributed by atoms with van der Waals surface area (Å²) in [4.78, 5) is 16.6. The monoisotopic (exact) mass is 396 g/mol. The van der Waals surface area contributed by atoms with Gasteiger partial charge in [0.2, 0.25) is 0 Å². The molecule has 0 saturated carbocycles. The lowest BCUT2D eigenvalue weighted by atomic mass is 9.69. The number of hydrogen-bond acceptors (Lipinski definition) is 3. The number of likely N-dealkylation sites (tertiary alicyclic amines) is 1. The van der Waals surface area contributed by atoms with E-state index < -0.39 is 5.97 Å². The molecule has 1 aromatic carbocycles. The standard InChI is InChI=1S/C25H36N2O2/c1-2-6-19-11-13-20(14-12-19)17-27-18-21-7-4-15-26-16-5-8-22(25(21)26)23(27)9-3-10-24(28)29/h2,6,11-14,21-23,25H,3-5,7-10,15-18H2,1H3,(H,28,29)/b6-2+/t21-,22+,23+,25-/m0/s1. The molecule has 4 atom stereocenters. The molecule has 158 valence electrons. The second-order valence-corrected chi connectivity index (χ2v) is 9.26. The van der Waals surface area contributed by atoms with Crippen LogP contribution in [-0.2, 0) is 11.3 Å². The van der Waals surface area contributed by atoms with Gasteiger partial charge < -0.3 is 5.11 Å². The van der Waals surface area contributed by atoms with Crippen molar-refractivity contribution in [2.24, 2.45) is 11.8 Å². The van der Waals surface area contributed by atoms with E-state index in [4.69, 9.17) is 5.11 Å². The fraction of sp³-hybridized carbons (Fsp3) is 0.640. The molecule has 3 aliphatic heterocycles. The highest BCUT2D eigenvalue weighted by atomic mass is 16.4. The van der Waals surface area contributed by atoms with Gasteiger partial charge in [-0.25, -0.2) is 0 Å². The summed E-state index contributed by atoms with van der Waals surface area (Å²) < 4.78 is 0. The molecule has 4 heteroatoms. The fourth-order valence-electron chi connectivity index (χ4n) is 6.29. The number of carbonyl (C=O) groups is 1. The van der Waals surface area contributed by atoms with Gasteiger partial charge in [0, 0.05) is 31.6 Å². The number of aliphatic carboxylic acids is 1. The third-order valence-corrected chi connectivity index (χ3v) is 7.39. The number of allylic oxidation sites excluding steroid dienone is 1. The van der Waals surface area contributed by atoms with Crippen LogP contribution in [-0.4, -0.2) is 52.6 Å². The highest BCUT2D eigenvalue weighted by Crippen LogP contribution is 2.43. The number of carboxylic acids is 1. The molecule has 0 aromatic heterocycles. The van der Waals surface area contributed by atoms with Crippen LogP contribution >= 0.6 is 0 Å². The lowest BCUT2D eigenvalue weighted by Gasteiger charge is -2.57. The Morgan fingerprint density at radius 2 is 1.93 bits per heavy atom. The Balaban J connectivity index is 1.52. The van der Waals surface area contributed by atoms with E-state index in [9.17, 15) is 4.79 Å². The average Bonchev–Trinajstić information content (AvgIpc) is 2.72. The average molecular weight is 397 g/mol. The minimum atomic E-state index is -0.659. The Bertz CT molecular complexity index is 712. The van der Waals surface area contributed by atoms with Crippen LogP contribution in [0.1, 0.15) is 63.0 Å². The first-order chi connectivity index (χ1) is 14.2. The van der Waals surface area contributed by atoms with Crippen molar-refractivity contribution in [1.29, 1.82) is 0 Å². The highest BCUT2D eigenvalue weighted by molar-refractivity contribution is 5.66. The van der Waals surface area contributed by atoms with Gasteiger partial charge in [0.05, 0.1) is 0 Å². The van der Waals surface area contributed by atoms with E-state index in [-0.39, 0.29) is 0 Å². The molecular weight excluding hydrogens is 360 g/mol. The predicted molar refractivity (Wildman–Crippen MR) is 118 cm³/mol. The Kier molecular flexibility index (Phi) is 6.71. The van der Waals surface area contributed by atoms with Gasteiger partial charge in [-0.1, -0.05) is 36.4 Å². The zero-order valence-corrected chi connectivity index (χ0v) is 17.8. The van der Waals surface area contributed by atoms with E-state index in [0.717, 1.165) is 31.3 Å². The van der Waals surface area contributed by atoms with E-state index in [0.29, 0.717) is 18.4 Å². The number of benzene rings is 1. The molecule has 3 aliphatic rings. The van der Waals surface area contributed by atoms with E-state index >= 15 is 0 Å². The third-order valence-electron chi connectivity index (χ3n) is 7.39. The summed E-state index contributed by atoms with van der Waals surface area (Å²) in [5.74, 6) is 0.832. The second-order valence-electron chi connectivity index (χ2n) is 9.26. The van der Waals surface area contributed by atoms with Crippen molar-refractivity contribution in [2.75, 3.05) is 19.6 Å². The van der Waals surface area contributed by atoms with Crippen molar-refractivity contribution in [3.05, 3.63) is 41.5 Å². The van der Waals surface area contributed by atoms with Crippen LogP contribution in [0.25, 0.3) is 6.08 Å². The van der Waals surface area contributed by atoms with E-state index in [1.54, 1.807) is 0 Å². The summed E-state index contributed by atoms with van der Waals surface area (Å²) in [6, 6.07) is 10.2. The first kappa shape index (κ1) is 20.6. The van der Waals surface area contributed by atoms with Crippen LogP contribution in [0.5, 0.6) is 0 Å². The number of rotatable bonds is 7. The Hall–Kier alpha value is -1.65. The molecular formula is C25H36N2O2. The van der Waals surface area contributed by atoms with Crippen molar-refractivity contribution >= 4 is 12.0 Å². The van der Waals surface area contributed by atoms with Crippen molar-refractivity contribution in [1.82, 2.24) is 9.80 Å². The van der Waals surface area contributed by atoms with Gasteiger partial charge in [0.25, 0.3) is 0 Å². The largest absolute Gasteiger partial charge is 0.481 e. The highest BCUT2D eigenvalue weighted by Gasteiger charge is 2.48. The first-order valence-electron chi connectivity index (χ1n) is 11.6. The van der Waals surface area contributed by atoms with Gasteiger partial charge in [-0.3, -0.25) is 14.6 Å². The van der Waals surface area contributed by atoms with E-state index in [1.165, 1.54) is 56.4 Å². The van der Waals surface area contributed by atoms with Gasteiger partial charge in [0.15, 0.2) is 0 Å². The third kappa shape index (κ3) is 4.75. The maximum absolute atomic E-state index is 11.1. The molecule has 3 fully saturated rings. The van der Waals surface area contributed by atoms with Gasteiger partial charge in [0.1, 0.15) is 0 Å². The minimum absolute atomic E-state index is 0.299. The van der Waals surface area contributed by atoms with E-state index in [2.05, 4.69) is 53.1 Å². The Labute approximate surface area is 175 Å². The van der Waals surface area contributed by atoms with Gasteiger partial charge in [-0.2, -0.15) is 0 Å². The van der Waals surface area contributed by atoms with Crippen LogP contribution in [0, 0.1) is 11.8 Å². The summed E-state index contributed by atoms with van der Waals surface area (Å²) in [5.41, 5.74) is 2.63. The SMILES string of the molecule is C/C=C/c1ccc(CN2C[C@@H]3CCCN4CCC[C@@H]([C@H]34)[C@H]2CCCC(=O)O)cc1. The molecule has 4 nitrogen and oxygen atoms in total. The van der Waals surface area contributed by atoms with E-state index in [1.807, 2.05) is 0 Å². The summed E-state index contributed by atoms with van der Waals surface area (Å²) in [7, 11) is 0. The first-order valence-corrected chi connectivity index (χ1v) is 11.6. The molecule has 1 aromatic rings. The molecule has 1 N–H and O–H groups in total. The van der Waals surface area contributed by atoms with Gasteiger partial charge >= 0.3 is 5.97 Å². The predicted octanol–water partition coefficient (Wildman–Crippen LogP) is 4.65. The molecule has 4 rings (SSSR count). The molecule has 0 spiro atoms. The molecule has 0 aliphatic carbocycles. The maximum Gasteiger partial charge on any atom is 0.303 e. The van der Waals surface area contributed by atoms with Crippen LogP contribution in [0.2, 0.25) is 0 Å². The molecule has 29 heavy (non-hydrogen) atoms. The number of carboxylic acid groups (broad SMARTS) is 1. The number of piperidine rings is 3. The normalized spacial score (nSPS) is 30.4. The summed E-state index contributed by atoms with van der Waals surface area (Å²) >= 11 is 0. The van der Waals surface area contributed by atoms with Crippen molar-refractivity contribution in [3.8, 4) is 0 Å². The number of hydrogen-bond donors (Lipinski definition) is 1. The number of nitrogens with zero attached hydrogens (tertiary/aromatic N) is 2. The van der Waals surface area contributed by atoms with Gasteiger partial charge in [-0.15, -0.1) is 0 Å². The van der Waals surface area contributed by atoms with Crippen molar-refractivity contribution in [2.45, 2.75) is 70.5 Å². The smallest absolute Gasteiger partial charge is 0.303 e. The zero-order valence-electron chi connectivity index (χ0n) is 17.8. The lowest BCUT2D eigenvalue weighted by Crippen LogP contribution is -2.64. The maximum atomic E-state index is 11.1. The molecule has 0 amide bonds. The molecule has 3 heterocycles. The van der Waals surface area contributed by atoms with Crippen molar-refractivity contribution in [3.63, 3.8) is 0 Å². The molecule has 0 radical (unpaired) electrons. The zero-order chi connectivity index (χ0) is 20.2. The summed E-state index contributed by atoms with van der Waals surface area (Å²) in [6.45, 7) is 6.76. The van der Waals surface area contributed by atoms with Crippen molar-refractivity contribution < 1.29 is 9.90 Å². The Morgan fingerprint density at radius 3 is 2.66 bits per heavy atom. The van der Waals surface area contributed by atoms with Crippen LogP contribution in [0.4, 0.5) is 0 Å². The van der Waals surface area contributed by atoms with Crippen LogP contribution in [0.3, 0.4) is 0 Å². The van der Waals surface area contributed by atoms with Crippen LogP contribution < -0.4 is 0 Å². The molecule has 0 bridgehead atoms. The summed E-state index contributed by atoms with van der Waals surface area (Å²) in [6.07, 6.45) is 11.6. The minimum Gasteiger partial charge on any atom is -0.481 e. The lowest BCUT2D eigenvalue weighted by molar-refractivity contribution is -0.137. The fourth-order valence-corrected chi connectivity index (χ4v) is 6.29. The Morgan fingerprint density at radius 1 is 1.17 bits per heavy atom. The summed E-state index contributed by atoms with van der Waals surface area (Å²) in [5, 5.41) is 9.15. The quantitative estimate of drug-likeness (QED) is 0.729. The second kappa shape index (κ2) is 9.44. The molecule has 3 saturated heterocycles.